The molecule has 6 rings (SSSR count). The zero-order chi connectivity index (χ0) is 32.7. The topological polar surface area (TPSA) is 352 Å². The maximum Gasteiger partial charge on any atom is 0.469 e. The minimum absolute atomic E-state index is 0.142. The Morgan fingerprint density at radius 2 is 1.27 bits per heavy atom. The van der Waals surface area contributed by atoms with Crippen molar-refractivity contribution >= 4 is 49.6 Å². The molecular weight excluding hydrogens is 650 g/mol. The zero-order valence-corrected chi connectivity index (χ0v) is 24.5. The summed E-state index contributed by atoms with van der Waals surface area (Å²) in [7, 11) is -9.34. The van der Waals surface area contributed by atoms with Gasteiger partial charge in [-0.1, -0.05) is 0 Å². The van der Waals surface area contributed by atoms with E-state index in [0.717, 1.165) is 0 Å². The van der Waals surface area contributed by atoms with E-state index in [0.29, 0.717) is 16.7 Å². The Bertz CT molecular complexity index is 1750. The Balaban J connectivity index is 0.000000178. The molecule has 4 aromatic rings. The van der Waals surface area contributed by atoms with Gasteiger partial charge < -0.3 is 55.8 Å². The van der Waals surface area contributed by atoms with E-state index in [1.54, 1.807) is 4.57 Å². The van der Waals surface area contributed by atoms with E-state index < -0.39 is 71.8 Å². The Labute approximate surface area is 250 Å². The van der Waals surface area contributed by atoms with Gasteiger partial charge in [-0.15, -0.1) is 0 Å². The van der Waals surface area contributed by atoms with Crippen LogP contribution in [-0.2, 0) is 27.7 Å². The molecule has 0 aliphatic carbocycles. The number of phosphoric ester groups is 2. The van der Waals surface area contributed by atoms with E-state index in [4.69, 9.17) is 40.5 Å². The van der Waals surface area contributed by atoms with Gasteiger partial charge in [0.25, 0.3) is 0 Å². The van der Waals surface area contributed by atoms with Gasteiger partial charge in [-0.2, -0.15) is 0 Å². The van der Waals surface area contributed by atoms with Crippen molar-refractivity contribution < 1.29 is 62.5 Å². The fourth-order valence-corrected chi connectivity index (χ4v) is 5.29. The molecule has 4 aromatic heterocycles. The van der Waals surface area contributed by atoms with Gasteiger partial charge in [-0.3, -0.25) is 18.2 Å². The predicted octanol–water partition coefficient (Wildman–Crippen LogP) is -2.70. The molecule has 0 spiro atoms. The molecule has 6 heterocycles. The minimum Gasteiger partial charge on any atom is -0.390 e. The molecule has 7 atom stereocenters. The van der Waals surface area contributed by atoms with Crippen LogP contribution in [0.1, 0.15) is 18.9 Å². The van der Waals surface area contributed by atoms with Crippen molar-refractivity contribution in [1.29, 1.82) is 0 Å². The molecule has 45 heavy (non-hydrogen) atoms. The first-order valence-corrected chi connectivity index (χ1v) is 15.8. The second kappa shape index (κ2) is 12.8. The Hall–Kier alpha value is -3.28. The lowest BCUT2D eigenvalue weighted by molar-refractivity contribution is -0.0504. The summed E-state index contributed by atoms with van der Waals surface area (Å²) in [6.45, 7) is -1.02. The van der Waals surface area contributed by atoms with Crippen LogP contribution in [-0.4, -0.2) is 118 Å². The lowest BCUT2D eigenvalue weighted by Crippen LogP contribution is -2.33. The number of hydrogen-bond donors (Lipinski definition) is 9. The summed E-state index contributed by atoms with van der Waals surface area (Å²) in [5, 5.41) is 30.0. The number of hydrogen-bond acceptors (Lipinski definition) is 17. The van der Waals surface area contributed by atoms with Crippen molar-refractivity contribution in [1.82, 2.24) is 39.0 Å². The molecule has 2 fully saturated rings. The number of ether oxygens (including phenoxy) is 2. The number of aromatic nitrogens is 8. The van der Waals surface area contributed by atoms with Gasteiger partial charge >= 0.3 is 15.6 Å². The molecule has 0 saturated carbocycles. The highest BCUT2D eigenvalue weighted by atomic mass is 31.2. The largest absolute Gasteiger partial charge is 0.469 e. The zero-order valence-electron chi connectivity index (χ0n) is 22.7. The van der Waals surface area contributed by atoms with Crippen LogP contribution in [0.4, 0.5) is 11.6 Å². The van der Waals surface area contributed by atoms with Crippen LogP contribution in [0.25, 0.3) is 22.3 Å². The van der Waals surface area contributed by atoms with Crippen molar-refractivity contribution in [2.75, 3.05) is 24.7 Å². The van der Waals surface area contributed by atoms with Crippen molar-refractivity contribution in [3.63, 3.8) is 0 Å². The summed E-state index contributed by atoms with van der Waals surface area (Å²) < 4.78 is 44.0. The summed E-state index contributed by atoms with van der Waals surface area (Å²) >= 11 is 0. The van der Waals surface area contributed by atoms with Crippen LogP contribution < -0.4 is 11.5 Å². The molecule has 25 heteroatoms. The van der Waals surface area contributed by atoms with Crippen LogP contribution in [0.3, 0.4) is 0 Å². The number of anilines is 2. The number of nitrogen functional groups attached to an aromatic ring is 2. The number of nitrogens with two attached hydrogens (primary N) is 2. The van der Waals surface area contributed by atoms with Gasteiger partial charge in [-0.25, -0.2) is 39.0 Å². The second-order valence-corrected chi connectivity index (χ2v) is 12.2. The molecule has 2 aliphatic rings. The number of nitrogens with zero attached hydrogens (tertiary/aromatic N) is 8. The molecule has 0 unspecified atom stereocenters. The smallest absolute Gasteiger partial charge is 0.390 e. The van der Waals surface area contributed by atoms with E-state index in [1.807, 2.05) is 0 Å². The van der Waals surface area contributed by atoms with E-state index in [1.165, 1.54) is 29.9 Å². The lowest BCUT2D eigenvalue weighted by atomic mass is 10.1. The van der Waals surface area contributed by atoms with Gasteiger partial charge in [0, 0.05) is 6.42 Å². The summed E-state index contributed by atoms with van der Waals surface area (Å²) in [5.74, 6) is 0.367. The molecule has 0 aromatic carbocycles. The molecule has 0 amide bonds. The maximum absolute atomic E-state index is 10.7. The highest BCUT2D eigenvalue weighted by Crippen LogP contribution is 2.40. The summed E-state index contributed by atoms with van der Waals surface area (Å²) in [6, 6.07) is 0. The molecule has 0 bridgehead atoms. The molecular formula is C20H28N10O13P2. The standard InChI is InChI=1S/C10H14N5O7P.C10H14N5O6P/c11-8-5-9(13-2-12-8)15(3-14-5)10-7(17)6(16)4(22-10)1-21-23(18,19)20;11-9-8-10(13-3-12-9)15(4-14-8)7-1-5(16)6(21-7)2-20-22(17,18)19/h2-4,6-7,10,16-17H,1H2,(H2,11,12,13)(H2,18,19,20);3-7,16H,1-2H2,(H2,11,12,13)(H2,17,18,19)/t4-,6+,7-,10-;5-,6+,7+/m10/s1. The molecule has 11 N–H and O–H groups in total. The average Bonchev–Trinajstić information content (AvgIpc) is 3.73. The minimum atomic E-state index is -4.72. The number of imidazole rings is 2. The first-order chi connectivity index (χ1) is 21.1. The van der Waals surface area contributed by atoms with Gasteiger partial charge in [0.05, 0.1) is 32.0 Å². The summed E-state index contributed by atoms with van der Waals surface area (Å²) in [6.07, 6.45) is -1.95. The van der Waals surface area contributed by atoms with Crippen molar-refractivity contribution in [3.05, 3.63) is 25.3 Å². The Morgan fingerprint density at radius 1 is 0.756 bits per heavy atom. The van der Waals surface area contributed by atoms with Gasteiger partial charge in [0.15, 0.2) is 29.2 Å². The van der Waals surface area contributed by atoms with Gasteiger partial charge in [0.1, 0.15) is 54.3 Å². The Kier molecular flexibility index (Phi) is 9.45. The fourth-order valence-electron chi connectivity index (χ4n) is 4.61. The van der Waals surface area contributed by atoms with Gasteiger partial charge in [-0.05, 0) is 0 Å². The number of rotatable bonds is 8. The van der Waals surface area contributed by atoms with Crippen LogP contribution in [0.2, 0.25) is 0 Å². The van der Waals surface area contributed by atoms with E-state index in [-0.39, 0.29) is 23.7 Å². The van der Waals surface area contributed by atoms with Crippen molar-refractivity contribution in [2.45, 2.75) is 49.4 Å². The normalized spacial score (nSPS) is 27.2. The highest BCUT2D eigenvalue weighted by molar-refractivity contribution is 7.46. The third-order valence-electron chi connectivity index (χ3n) is 6.71. The van der Waals surface area contributed by atoms with E-state index in [2.05, 4.69) is 39.0 Å². The fraction of sp³-hybridized carbons (Fsp3) is 0.500. The molecule has 2 saturated heterocycles. The molecule has 23 nitrogen and oxygen atoms in total. The third kappa shape index (κ3) is 7.42. The third-order valence-corrected chi connectivity index (χ3v) is 7.68. The van der Waals surface area contributed by atoms with Gasteiger partial charge in [0.2, 0.25) is 0 Å². The molecule has 0 radical (unpaired) electrons. The monoisotopic (exact) mass is 678 g/mol. The van der Waals surface area contributed by atoms with Crippen LogP contribution in [0.15, 0.2) is 25.3 Å². The predicted molar refractivity (Wildman–Crippen MR) is 146 cm³/mol. The number of aliphatic hydroxyl groups is 3. The van der Waals surface area contributed by atoms with Crippen LogP contribution in [0.5, 0.6) is 0 Å². The molecule has 2 aliphatic heterocycles. The number of aliphatic hydroxyl groups excluding tert-OH is 3. The second-order valence-electron chi connectivity index (χ2n) is 9.72. The number of fused-ring (bicyclic) bond motifs is 2. The average molecular weight is 678 g/mol. The molecule has 246 valence electrons. The van der Waals surface area contributed by atoms with Crippen molar-refractivity contribution in [2.24, 2.45) is 0 Å². The van der Waals surface area contributed by atoms with Crippen LogP contribution in [0, 0.1) is 0 Å². The van der Waals surface area contributed by atoms with E-state index >= 15 is 0 Å². The highest BCUT2D eigenvalue weighted by Gasteiger charge is 2.45. The van der Waals surface area contributed by atoms with Crippen LogP contribution >= 0.6 is 15.6 Å². The Morgan fingerprint density at radius 3 is 1.82 bits per heavy atom. The SMILES string of the molecule is Nc1ncnc2c1ncn2[C@@H]1O[C@H](COP(=O)(O)O)[C@H](O)[C@H]1O.Nc1ncnc2c1ncn2[C@H]1C[C@H](O)[C@@H](COP(=O)(O)O)O1. The summed E-state index contributed by atoms with van der Waals surface area (Å²) in [4.78, 5) is 58.6. The quantitative estimate of drug-likeness (QED) is 0.0856. The van der Waals surface area contributed by atoms with E-state index in [9.17, 15) is 24.4 Å². The number of phosphoric acid groups is 2. The maximum atomic E-state index is 10.7. The summed E-state index contributed by atoms with van der Waals surface area (Å²) in [5.41, 5.74) is 12.8. The van der Waals surface area contributed by atoms with Crippen molar-refractivity contribution in [3.8, 4) is 0 Å². The first-order valence-electron chi connectivity index (χ1n) is 12.7. The lowest BCUT2D eigenvalue weighted by Gasteiger charge is -2.16. The first kappa shape index (κ1) is 33.1.